The number of methoxy groups -OCH3 is 1. The van der Waals surface area contributed by atoms with E-state index in [1.165, 1.54) is 0 Å². The molecule has 1 aromatic rings. The molecule has 10 nitrogen and oxygen atoms in total. The molecule has 1 aliphatic heterocycles. The first kappa shape index (κ1) is 17.6. The predicted molar refractivity (Wildman–Crippen MR) is 78.5 cm³/mol. The van der Waals surface area contributed by atoms with Gasteiger partial charge in [-0.2, -0.15) is 5.26 Å². The van der Waals surface area contributed by atoms with Crippen LogP contribution in [0.15, 0.2) is 21.4 Å². The second-order valence-corrected chi connectivity index (χ2v) is 5.03. The first-order valence-electron chi connectivity index (χ1n) is 6.91. The molecule has 0 amide bonds. The maximum Gasteiger partial charge on any atom is 0.348 e. The van der Waals surface area contributed by atoms with Crippen LogP contribution in [0.2, 0.25) is 0 Å². The van der Waals surface area contributed by atoms with Gasteiger partial charge in [-0.25, -0.2) is 9.59 Å². The lowest BCUT2D eigenvalue weighted by Gasteiger charge is -2.14. The lowest BCUT2D eigenvalue weighted by Crippen LogP contribution is -2.33. The van der Waals surface area contributed by atoms with E-state index in [-0.39, 0.29) is 12.0 Å². The third kappa shape index (κ3) is 3.43. The van der Waals surface area contributed by atoms with Gasteiger partial charge in [0.05, 0.1) is 25.4 Å². The summed E-state index contributed by atoms with van der Waals surface area (Å²) in [5, 5.41) is 27.7. The van der Waals surface area contributed by atoms with E-state index in [1.807, 2.05) is 4.98 Å². The summed E-state index contributed by atoms with van der Waals surface area (Å²) in [5.74, 6) is -0.928. The standard InChI is InChI=1S/C14H15N3O7/c1-23-13(21)7(4-15)2-8-5-17(14(22)16-12(8)20)11-3-9(19)10(6-18)24-11/h2,5,9-11,18-19H,3,6H2,1H3,(H,16,20,22)/b7-2+/t9-,10+,11+/m0/s1. The molecule has 0 saturated carbocycles. The summed E-state index contributed by atoms with van der Waals surface area (Å²) in [5.41, 5.74) is -2.15. The van der Waals surface area contributed by atoms with Crippen molar-refractivity contribution in [3.63, 3.8) is 0 Å². The van der Waals surface area contributed by atoms with Gasteiger partial charge in [0.15, 0.2) is 0 Å². The van der Waals surface area contributed by atoms with Gasteiger partial charge in [0.2, 0.25) is 0 Å². The molecule has 1 aromatic heterocycles. The highest BCUT2D eigenvalue weighted by molar-refractivity contribution is 5.97. The van der Waals surface area contributed by atoms with Gasteiger partial charge in [-0.1, -0.05) is 0 Å². The van der Waals surface area contributed by atoms with Crippen molar-refractivity contribution in [2.24, 2.45) is 0 Å². The number of aromatic amines is 1. The molecule has 1 fully saturated rings. The Kier molecular flexibility index (Phi) is 5.30. The average Bonchev–Trinajstić information content (AvgIpc) is 2.94. The maximum atomic E-state index is 11.9. The van der Waals surface area contributed by atoms with Gasteiger partial charge < -0.3 is 19.7 Å². The van der Waals surface area contributed by atoms with Gasteiger partial charge >= 0.3 is 11.7 Å². The SMILES string of the molecule is COC(=O)/C(C#N)=C/c1cn([C@H]2C[C@H](O)[C@@H](CO)O2)c(=O)[nH]c1=O. The summed E-state index contributed by atoms with van der Waals surface area (Å²) in [6.45, 7) is -0.427. The van der Waals surface area contributed by atoms with E-state index in [2.05, 4.69) is 4.74 Å². The molecule has 2 rings (SSSR count). The van der Waals surface area contributed by atoms with Crippen molar-refractivity contribution in [3.05, 3.63) is 38.2 Å². The van der Waals surface area contributed by atoms with Gasteiger partial charge in [-0.05, 0) is 6.08 Å². The van der Waals surface area contributed by atoms with Crippen molar-refractivity contribution in [2.75, 3.05) is 13.7 Å². The lowest BCUT2D eigenvalue weighted by atomic mass is 10.2. The highest BCUT2D eigenvalue weighted by atomic mass is 16.5. The van der Waals surface area contributed by atoms with Crippen molar-refractivity contribution in [1.29, 1.82) is 5.26 Å². The Hall–Kier alpha value is -2.74. The molecule has 1 aliphatic rings. The molecule has 0 spiro atoms. The molecule has 0 aliphatic carbocycles. The number of H-pyrrole nitrogens is 1. The smallest absolute Gasteiger partial charge is 0.348 e. The van der Waals surface area contributed by atoms with Crippen LogP contribution in [-0.2, 0) is 14.3 Å². The molecule has 3 atom stereocenters. The second kappa shape index (κ2) is 7.22. The van der Waals surface area contributed by atoms with E-state index >= 15 is 0 Å². The Balaban J connectivity index is 2.45. The summed E-state index contributed by atoms with van der Waals surface area (Å²) >= 11 is 0. The molecule has 0 bridgehead atoms. The van der Waals surface area contributed by atoms with Crippen molar-refractivity contribution in [1.82, 2.24) is 9.55 Å². The van der Waals surface area contributed by atoms with Crippen LogP contribution in [-0.4, -0.2) is 51.7 Å². The second-order valence-electron chi connectivity index (χ2n) is 5.03. The molecule has 24 heavy (non-hydrogen) atoms. The number of aliphatic hydroxyl groups is 2. The topological polar surface area (TPSA) is 155 Å². The van der Waals surface area contributed by atoms with Crippen LogP contribution in [0.1, 0.15) is 18.2 Å². The lowest BCUT2D eigenvalue weighted by molar-refractivity contribution is -0.135. The van der Waals surface area contributed by atoms with Crippen molar-refractivity contribution in [2.45, 2.75) is 24.9 Å². The largest absolute Gasteiger partial charge is 0.465 e. The maximum absolute atomic E-state index is 11.9. The minimum Gasteiger partial charge on any atom is -0.465 e. The number of aliphatic hydroxyl groups excluding tert-OH is 2. The van der Waals surface area contributed by atoms with Gasteiger partial charge in [0, 0.05) is 12.6 Å². The van der Waals surface area contributed by atoms with Crippen LogP contribution in [0.4, 0.5) is 0 Å². The van der Waals surface area contributed by atoms with Crippen molar-refractivity contribution >= 4 is 12.0 Å². The fourth-order valence-corrected chi connectivity index (χ4v) is 2.27. The highest BCUT2D eigenvalue weighted by Gasteiger charge is 2.35. The monoisotopic (exact) mass is 337 g/mol. The normalized spacial score (nSPS) is 23.8. The summed E-state index contributed by atoms with van der Waals surface area (Å²) in [6, 6.07) is 1.60. The average molecular weight is 337 g/mol. The van der Waals surface area contributed by atoms with E-state index in [0.717, 1.165) is 23.9 Å². The van der Waals surface area contributed by atoms with E-state index in [1.54, 1.807) is 6.07 Å². The highest BCUT2D eigenvalue weighted by Crippen LogP contribution is 2.27. The molecular formula is C14H15N3O7. The van der Waals surface area contributed by atoms with E-state index < -0.39 is 47.8 Å². The van der Waals surface area contributed by atoms with Crippen LogP contribution >= 0.6 is 0 Å². The number of nitriles is 1. The number of ether oxygens (including phenoxy) is 2. The number of esters is 1. The van der Waals surface area contributed by atoms with Crippen LogP contribution < -0.4 is 11.2 Å². The molecule has 2 heterocycles. The molecule has 10 heteroatoms. The fourth-order valence-electron chi connectivity index (χ4n) is 2.27. The molecule has 0 radical (unpaired) electrons. The van der Waals surface area contributed by atoms with Crippen LogP contribution in [0, 0.1) is 11.3 Å². The summed E-state index contributed by atoms with van der Waals surface area (Å²) in [6.07, 6.45) is -0.603. The van der Waals surface area contributed by atoms with Gasteiger partial charge in [0.1, 0.15) is 24.0 Å². The van der Waals surface area contributed by atoms with Gasteiger partial charge in [-0.15, -0.1) is 0 Å². The number of hydrogen-bond donors (Lipinski definition) is 3. The summed E-state index contributed by atoms with van der Waals surface area (Å²) in [7, 11) is 1.08. The number of carbonyl (C=O) groups is 1. The minimum absolute atomic E-state index is 0.0302. The number of carbonyl (C=O) groups excluding carboxylic acids is 1. The number of rotatable bonds is 4. The van der Waals surface area contributed by atoms with E-state index in [9.17, 15) is 19.5 Å². The molecule has 3 N–H and O–H groups in total. The fraction of sp³-hybridized carbons (Fsp3) is 0.429. The third-order valence-corrected chi connectivity index (χ3v) is 3.52. The molecule has 0 unspecified atom stereocenters. The first-order chi connectivity index (χ1) is 11.4. The Labute approximate surface area is 135 Å². The Morgan fingerprint density at radius 2 is 2.33 bits per heavy atom. The predicted octanol–water partition coefficient (Wildman–Crippen LogP) is -1.74. The Morgan fingerprint density at radius 1 is 1.62 bits per heavy atom. The molecular weight excluding hydrogens is 322 g/mol. The van der Waals surface area contributed by atoms with Crippen LogP contribution in [0.3, 0.4) is 0 Å². The molecule has 0 aromatic carbocycles. The summed E-state index contributed by atoms with van der Waals surface area (Å²) in [4.78, 5) is 37.2. The first-order valence-corrected chi connectivity index (χ1v) is 6.91. The number of hydrogen-bond acceptors (Lipinski definition) is 8. The zero-order chi connectivity index (χ0) is 17.9. The zero-order valence-corrected chi connectivity index (χ0v) is 12.6. The van der Waals surface area contributed by atoms with E-state index in [0.29, 0.717) is 0 Å². The van der Waals surface area contributed by atoms with Gasteiger partial charge in [0.25, 0.3) is 5.56 Å². The van der Waals surface area contributed by atoms with Crippen LogP contribution in [0.25, 0.3) is 6.08 Å². The Bertz CT molecular complexity index is 817. The van der Waals surface area contributed by atoms with Crippen molar-refractivity contribution < 1.29 is 24.5 Å². The van der Waals surface area contributed by atoms with Gasteiger partial charge in [-0.3, -0.25) is 14.3 Å². The van der Waals surface area contributed by atoms with E-state index in [4.69, 9.17) is 15.1 Å². The van der Waals surface area contributed by atoms with Crippen LogP contribution in [0.5, 0.6) is 0 Å². The molecule has 128 valence electrons. The van der Waals surface area contributed by atoms with Crippen molar-refractivity contribution in [3.8, 4) is 6.07 Å². The Morgan fingerprint density at radius 3 is 2.88 bits per heavy atom. The zero-order valence-electron chi connectivity index (χ0n) is 12.6. The quantitative estimate of drug-likeness (QED) is 0.332. The number of aromatic nitrogens is 2. The molecule has 1 saturated heterocycles. The number of nitrogens with zero attached hydrogens (tertiary/aromatic N) is 2. The third-order valence-electron chi connectivity index (χ3n) is 3.52. The summed E-state index contributed by atoms with van der Waals surface area (Å²) < 4.78 is 10.8. The number of nitrogens with one attached hydrogen (secondary N) is 1. The minimum atomic E-state index is -0.970.